The molecule has 1 heterocycles. The van der Waals surface area contributed by atoms with Gasteiger partial charge < -0.3 is 5.32 Å². The lowest BCUT2D eigenvalue weighted by atomic mass is 10.3. The summed E-state index contributed by atoms with van der Waals surface area (Å²) < 4.78 is 0. The second-order valence-electron chi connectivity index (χ2n) is 4.69. The lowest BCUT2D eigenvalue weighted by molar-refractivity contribution is 0.264. The highest BCUT2D eigenvalue weighted by atomic mass is 32.1. The summed E-state index contributed by atoms with van der Waals surface area (Å²) in [6.45, 7) is 12.0. The number of thiazole rings is 1. The maximum atomic E-state index is 4.70. The SMILES string of the molecule is CCCNCc1nc(CN(CCC)CCC)cs1. The van der Waals surface area contributed by atoms with E-state index in [1.165, 1.54) is 43.1 Å². The van der Waals surface area contributed by atoms with Crippen LogP contribution in [-0.2, 0) is 13.1 Å². The van der Waals surface area contributed by atoms with Gasteiger partial charge in [0.05, 0.1) is 5.69 Å². The molecule has 1 N–H and O–H groups in total. The van der Waals surface area contributed by atoms with E-state index >= 15 is 0 Å². The van der Waals surface area contributed by atoms with Crippen LogP contribution in [-0.4, -0.2) is 29.5 Å². The first-order valence-corrected chi connectivity index (χ1v) is 8.04. The molecule has 18 heavy (non-hydrogen) atoms. The Balaban J connectivity index is 2.40. The Labute approximate surface area is 116 Å². The maximum Gasteiger partial charge on any atom is 0.107 e. The van der Waals surface area contributed by atoms with Crippen LogP contribution in [0.5, 0.6) is 0 Å². The molecule has 1 rings (SSSR count). The van der Waals surface area contributed by atoms with Gasteiger partial charge in [-0.25, -0.2) is 4.98 Å². The van der Waals surface area contributed by atoms with Gasteiger partial charge in [0, 0.05) is 18.5 Å². The zero-order valence-corrected chi connectivity index (χ0v) is 12.9. The van der Waals surface area contributed by atoms with Gasteiger partial charge in [0.1, 0.15) is 5.01 Å². The van der Waals surface area contributed by atoms with Crippen molar-refractivity contribution in [2.75, 3.05) is 19.6 Å². The maximum absolute atomic E-state index is 4.70. The van der Waals surface area contributed by atoms with Crippen LogP contribution in [0, 0.1) is 0 Å². The smallest absolute Gasteiger partial charge is 0.107 e. The molecule has 0 saturated heterocycles. The van der Waals surface area contributed by atoms with Crippen molar-refractivity contribution in [3.05, 3.63) is 16.1 Å². The highest BCUT2D eigenvalue weighted by Gasteiger charge is 2.07. The van der Waals surface area contributed by atoms with Crippen LogP contribution in [0.3, 0.4) is 0 Å². The van der Waals surface area contributed by atoms with Crippen molar-refractivity contribution in [1.82, 2.24) is 15.2 Å². The van der Waals surface area contributed by atoms with Gasteiger partial charge in [0.15, 0.2) is 0 Å². The molecule has 0 fully saturated rings. The first-order chi connectivity index (χ1) is 8.80. The second kappa shape index (κ2) is 9.48. The van der Waals surface area contributed by atoms with Crippen molar-refractivity contribution < 1.29 is 0 Å². The lowest BCUT2D eigenvalue weighted by Gasteiger charge is -2.19. The fraction of sp³-hybridized carbons (Fsp3) is 0.786. The third-order valence-corrected chi connectivity index (χ3v) is 3.67. The van der Waals surface area contributed by atoms with Gasteiger partial charge in [0.25, 0.3) is 0 Å². The lowest BCUT2D eigenvalue weighted by Crippen LogP contribution is -2.25. The molecule has 0 bridgehead atoms. The van der Waals surface area contributed by atoms with Crippen molar-refractivity contribution in [3.63, 3.8) is 0 Å². The van der Waals surface area contributed by atoms with Crippen LogP contribution >= 0.6 is 11.3 Å². The third-order valence-electron chi connectivity index (χ3n) is 2.77. The molecular weight excluding hydrogens is 242 g/mol. The molecule has 3 nitrogen and oxygen atoms in total. The fourth-order valence-electron chi connectivity index (χ4n) is 2.01. The first kappa shape index (κ1) is 15.6. The normalized spacial score (nSPS) is 11.3. The van der Waals surface area contributed by atoms with E-state index in [0.717, 1.165) is 19.6 Å². The predicted octanol–water partition coefficient (Wildman–Crippen LogP) is 3.26. The quantitative estimate of drug-likeness (QED) is 0.661. The van der Waals surface area contributed by atoms with E-state index in [2.05, 4.69) is 36.4 Å². The number of aromatic nitrogens is 1. The van der Waals surface area contributed by atoms with Gasteiger partial charge in [-0.05, 0) is 38.9 Å². The largest absolute Gasteiger partial charge is 0.310 e. The molecular formula is C14H27N3S. The van der Waals surface area contributed by atoms with E-state index in [1.54, 1.807) is 11.3 Å². The third kappa shape index (κ3) is 5.94. The highest BCUT2D eigenvalue weighted by molar-refractivity contribution is 7.09. The fourth-order valence-corrected chi connectivity index (χ4v) is 2.76. The van der Waals surface area contributed by atoms with Gasteiger partial charge in [-0.1, -0.05) is 20.8 Å². The average molecular weight is 269 g/mol. The van der Waals surface area contributed by atoms with E-state index in [4.69, 9.17) is 4.98 Å². The van der Waals surface area contributed by atoms with Crippen molar-refractivity contribution in [2.45, 2.75) is 53.1 Å². The van der Waals surface area contributed by atoms with E-state index in [9.17, 15) is 0 Å². The second-order valence-corrected chi connectivity index (χ2v) is 5.63. The average Bonchev–Trinajstić information content (AvgIpc) is 2.78. The molecule has 0 atom stereocenters. The minimum Gasteiger partial charge on any atom is -0.310 e. The van der Waals surface area contributed by atoms with E-state index in [1.807, 2.05) is 0 Å². The topological polar surface area (TPSA) is 28.2 Å². The number of nitrogens with zero attached hydrogens (tertiary/aromatic N) is 2. The number of hydrogen-bond donors (Lipinski definition) is 1. The van der Waals surface area contributed by atoms with E-state index < -0.39 is 0 Å². The number of rotatable bonds is 10. The Morgan fingerprint density at radius 2 is 1.89 bits per heavy atom. The van der Waals surface area contributed by atoms with Gasteiger partial charge in [-0.15, -0.1) is 11.3 Å². The molecule has 0 saturated carbocycles. The van der Waals surface area contributed by atoms with Crippen LogP contribution in [0.1, 0.15) is 50.7 Å². The first-order valence-electron chi connectivity index (χ1n) is 7.16. The van der Waals surface area contributed by atoms with Crippen molar-refractivity contribution in [2.24, 2.45) is 0 Å². The Morgan fingerprint density at radius 3 is 2.50 bits per heavy atom. The Hall–Kier alpha value is -0.450. The van der Waals surface area contributed by atoms with E-state index in [0.29, 0.717) is 0 Å². The summed E-state index contributed by atoms with van der Waals surface area (Å²) >= 11 is 1.78. The van der Waals surface area contributed by atoms with E-state index in [-0.39, 0.29) is 0 Å². The van der Waals surface area contributed by atoms with Crippen LogP contribution in [0.2, 0.25) is 0 Å². The summed E-state index contributed by atoms with van der Waals surface area (Å²) in [7, 11) is 0. The monoisotopic (exact) mass is 269 g/mol. The molecule has 0 aliphatic carbocycles. The molecule has 0 spiro atoms. The van der Waals surface area contributed by atoms with Gasteiger partial charge in [-0.3, -0.25) is 4.90 Å². The minimum absolute atomic E-state index is 0.917. The summed E-state index contributed by atoms with van der Waals surface area (Å²) in [6, 6.07) is 0. The van der Waals surface area contributed by atoms with Gasteiger partial charge in [-0.2, -0.15) is 0 Å². The molecule has 104 valence electrons. The number of nitrogens with one attached hydrogen (secondary N) is 1. The van der Waals surface area contributed by atoms with Crippen LogP contribution in [0.15, 0.2) is 5.38 Å². The van der Waals surface area contributed by atoms with Crippen molar-refractivity contribution in [3.8, 4) is 0 Å². The molecule has 0 amide bonds. The minimum atomic E-state index is 0.917. The Bertz CT molecular complexity index is 306. The molecule has 1 aromatic rings. The molecule has 0 aromatic carbocycles. The summed E-state index contributed by atoms with van der Waals surface area (Å²) in [6.07, 6.45) is 3.61. The van der Waals surface area contributed by atoms with Crippen LogP contribution < -0.4 is 5.32 Å². The molecule has 1 aromatic heterocycles. The molecule has 0 unspecified atom stereocenters. The highest BCUT2D eigenvalue weighted by Crippen LogP contribution is 2.12. The summed E-state index contributed by atoms with van der Waals surface area (Å²) in [5, 5.41) is 6.83. The van der Waals surface area contributed by atoms with Crippen LogP contribution in [0.4, 0.5) is 0 Å². The predicted molar refractivity (Wildman–Crippen MR) is 80.0 cm³/mol. The van der Waals surface area contributed by atoms with Gasteiger partial charge in [0.2, 0.25) is 0 Å². The zero-order valence-electron chi connectivity index (χ0n) is 12.0. The summed E-state index contributed by atoms with van der Waals surface area (Å²) in [4.78, 5) is 7.20. The molecule has 0 aliphatic rings. The van der Waals surface area contributed by atoms with Gasteiger partial charge >= 0.3 is 0 Å². The van der Waals surface area contributed by atoms with Crippen LogP contribution in [0.25, 0.3) is 0 Å². The summed E-state index contributed by atoms with van der Waals surface area (Å²) in [5.41, 5.74) is 1.23. The number of hydrogen-bond acceptors (Lipinski definition) is 4. The zero-order chi connectivity index (χ0) is 13.2. The van der Waals surface area contributed by atoms with Crippen molar-refractivity contribution >= 4 is 11.3 Å². The molecule has 0 aliphatic heterocycles. The molecule has 0 radical (unpaired) electrons. The molecule has 4 heteroatoms. The van der Waals surface area contributed by atoms with Crippen molar-refractivity contribution in [1.29, 1.82) is 0 Å². The Kier molecular flexibility index (Phi) is 8.22. The summed E-state index contributed by atoms with van der Waals surface area (Å²) in [5.74, 6) is 0. The standard InChI is InChI=1S/C14H27N3S/c1-4-7-15-10-14-16-13(12-18-14)11-17(8-5-2)9-6-3/h12,15H,4-11H2,1-3H3. The Morgan fingerprint density at radius 1 is 1.17 bits per heavy atom.